The van der Waals surface area contributed by atoms with Gasteiger partial charge in [0.05, 0.1) is 24.4 Å². The zero-order valence-corrected chi connectivity index (χ0v) is 13.6. The minimum Gasteiger partial charge on any atom is -0.477 e. The molecule has 0 saturated heterocycles. The van der Waals surface area contributed by atoms with Gasteiger partial charge in [-0.05, 0) is 12.5 Å². The number of aromatic nitrogens is 2. The Morgan fingerprint density at radius 3 is 2.65 bits per heavy atom. The highest BCUT2D eigenvalue weighted by atomic mass is 32.1. The fourth-order valence-electron chi connectivity index (χ4n) is 2.00. The van der Waals surface area contributed by atoms with Gasteiger partial charge in [-0.2, -0.15) is 5.10 Å². The van der Waals surface area contributed by atoms with Crippen LogP contribution in [0.3, 0.4) is 0 Å². The minimum absolute atomic E-state index is 0.0812. The first-order valence-corrected chi connectivity index (χ1v) is 7.48. The summed E-state index contributed by atoms with van der Waals surface area (Å²) in [4.78, 5) is 36.2. The van der Waals surface area contributed by atoms with E-state index in [0.717, 1.165) is 9.56 Å². The normalized spacial score (nSPS) is 10.4. The fraction of sp³-hybridized carbons (Fsp3) is 0.286. The number of amides is 1. The Morgan fingerprint density at radius 1 is 1.39 bits per heavy atom. The van der Waals surface area contributed by atoms with E-state index in [1.165, 1.54) is 31.7 Å². The van der Waals surface area contributed by atoms with Crippen molar-refractivity contribution in [1.82, 2.24) is 9.78 Å². The van der Waals surface area contributed by atoms with Gasteiger partial charge in [-0.25, -0.2) is 9.59 Å². The van der Waals surface area contributed by atoms with Crippen molar-refractivity contribution in [2.75, 3.05) is 12.4 Å². The number of carboxylic acid groups (broad SMARTS) is 1. The highest BCUT2D eigenvalue weighted by Crippen LogP contribution is 2.29. The minimum atomic E-state index is -1.26. The molecule has 2 N–H and O–H groups in total. The number of aryl methyl sites for hydroxylation is 2. The van der Waals surface area contributed by atoms with E-state index in [2.05, 4.69) is 10.4 Å². The SMILES string of the molecule is CCc1cc(C(=O)OC)c(NC(=O)c2cnn(C)c2C(=O)O)s1. The Bertz CT molecular complexity index is 777. The molecule has 9 heteroatoms. The van der Waals surface area contributed by atoms with E-state index < -0.39 is 17.8 Å². The van der Waals surface area contributed by atoms with Crippen LogP contribution in [0, 0.1) is 0 Å². The van der Waals surface area contributed by atoms with Crippen LogP contribution in [0.2, 0.25) is 0 Å². The number of thiophene rings is 1. The second kappa shape index (κ2) is 6.61. The van der Waals surface area contributed by atoms with Crippen molar-refractivity contribution in [2.24, 2.45) is 7.05 Å². The second-order valence-corrected chi connectivity index (χ2v) is 5.73. The van der Waals surface area contributed by atoms with Gasteiger partial charge in [0.1, 0.15) is 5.00 Å². The molecule has 0 bridgehead atoms. The number of hydrogen-bond donors (Lipinski definition) is 2. The van der Waals surface area contributed by atoms with Crippen LogP contribution in [0.25, 0.3) is 0 Å². The van der Waals surface area contributed by atoms with Crippen molar-refractivity contribution >= 4 is 34.2 Å². The predicted molar refractivity (Wildman–Crippen MR) is 83.2 cm³/mol. The zero-order chi connectivity index (χ0) is 17.1. The van der Waals surface area contributed by atoms with Gasteiger partial charge < -0.3 is 15.2 Å². The van der Waals surface area contributed by atoms with E-state index in [1.54, 1.807) is 6.07 Å². The summed E-state index contributed by atoms with van der Waals surface area (Å²) < 4.78 is 5.80. The summed E-state index contributed by atoms with van der Waals surface area (Å²) >= 11 is 1.24. The van der Waals surface area contributed by atoms with E-state index in [0.29, 0.717) is 11.4 Å². The van der Waals surface area contributed by atoms with Crippen molar-refractivity contribution in [1.29, 1.82) is 0 Å². The third kappa shape index (κ3) is 3.24. The summed E-state index contributed by atoms with van der Waals surface area (Å²) in [5.41, 5.74) is -0.0693. The molecule has 2 rings (SSSR count). The predicted octanol–water partition coefficient (Wildman–Crippen LogP) is 1.78. The lowest BCUT2D eigenvalue weighted by molar-refractivity contribution is 0.0601. The molecule has 0 aliphatic carbocycles. The first kappa shape index (κ1) is 16.7. The molecule has 0 spiro atoms. The number of nitrogens with one attached hydrogen (secondary N) is 1. The summed E-state index contributed by atoms with van der Waals surface area (Å²) in [5, 5.41) is 15.8. The van der Waals surface area contributed by atoms with Gasteiger partial charge in [-0.15, -0.1) is 11.3 Å². The molecule has 0 aromatic carbocycles. The van der Waals surface area contributed by atoms with Crippen molar-refractivity contribution in [3.8, 4) is 0 Å². The number of ether oxygens (including phenoxy) is 1. The molecule has 0 aliphatic heterocycles. The summed E-state index contributed by atoms with van der Waals surface area (Å²) in [6.07, 6.45) is 1.86. The average molecular weight is 337 g/mol. The number of methoxy groups -OCH3 is 1. The van der Waals surface area contributed by atoms with Gasteiger partial charge in [-0.3, -0.25) is 9.48 Å². The van der Waals surface area contributed by atoms with Crippen LogP contribution in [-0.2, 0) is 18.2 Å². The number of hydrogen-bond acceptors (Lipinski definition) is 6. The van der Waals surface area contributed by atoms with Crippen molar-refractivity contribution in [3.63, 3.8) is 0 Å². The van der Waals surface area contributed by atoms with E-state index in [-0.39, 0.29) is 16.8 Å². The van der Waals surface area contributed by atoms with E-state index >= 15 is 0 Å². The molecule has 0 unspecified atom stereocenters. The number of carbonyl (C=O) groups is 3. The number of anilines is 1. The van der Waals surface area contributed by atoms with Crippen molar-refractivity contribution in [2.45, 2.75) is 13.3 Å². The number of carbonyl (C=O) groups excluding carboxylic acids is 2. The van der Waals surface area contributed by atoms with E-state index in [4.69, 9.17) is 9.84 Å². The van der Waals surface area contributed by atoms with Crippen LogP contribution < -0.4 is 5.32 Å². The van der Waals surface area contributed by atoms with Crippen molar-refractivity contribution in [3.05, 3.63) is 34.0 Å². The van der Waals surface area contributed by atoms with Gasteiger partial charge in [0.15, 0.2) is 5.69 Å². The molecule has 2 aromatic rings. The van der Waals surface area contributed by atoms with Crippen LogP contribution in [0.15, 0.2) is 12.3 Å². The lowest BCUT2D eigenvalue weighted by atomic mass is 10.2. The molecule has 0 aliphatic rings. The largest absolute Gasteiger partial charge is 0.477 e. The summed E-state index contributed by atoms with van der Waals surface area (Å²) in [6.45, 7) is 1.92. The van der Waals surface area contributed by atoms with Gasteiger partial charge in [-0.1, -0.05) is 6.92 Å². The molecular weight excluding hydrogens is 322 g/mol. The molecule has 122 valence electrons. The van der Waals surface area contributed by atoms with Gasteiger partial charge in [0.2, 0.25) is 0 Å². The van der Waals surface area contributed by atoms with Crippen molar-refractivity contribution < 1.29 is 24.2 Å². The lowest BCUT2D eigenvalue weighted by Gasteiger charge is -2.05. The number of esters is 1. The first-order chi connectivity index (χ1) is 10.9. The average Bonchev–Trinajstić information content (AvgIpc) is 3.09. The molecule has 23 heavy (non-hydrogen) atoms. The molecule has 0 radical (unpaired) electrons. The van der Waals surface area contributed by atoms with Crippen LogP contribution in [0.4, 0.5) is 5.00 Å². The Morgan fingerprint density at radius 2 is 2.09 bits per heavy atom. The summed E-state index contributed by atoms with van der Waals surface area (Å²) in [6, 6.07) is 1.65. The van der Waals surface area contributed by atoms with E-state index in [9.17, 15) is 14.4 Å². The number of aromatic carboxylic acids is 1. The molecule has 0 fully saturated rings. The zero-order valence-electron chi connectivity index (χ0n) is 12.7. The monoisotopic (exact) mass is 337 g/mol. The highest BCUT2D eigenvalue weighted by Gasteiger charge is 2.24. The van der Waals surface area contributed by atoms with Crippen LogP contribution in [-0.4, -0.2) is 39.8 Å². The quantitative estimate of drug-likeness (QED) is 0.805. The number of carboxylic acids is 1. The number of rotatable bonds is 5. The summed E-state index contributed by atoms with van der Waals surface area (Å²) in [5.74, 6) is -2.48. The molecule has 2 aromatic heterocycles. The van der Waals surface area contributed by atoms with Gasteiger partial charge in [0.25, 0.3) is 5.91 Å². The molecule has 8 nitrogen and oxygen atoms in total. The van der Waals surface area contributed by atoms with Gasteiger partial charge in [0, 0.05) is 11.9 Å². The molecule has 0 saturated carbocycles. The standard InChI is InChI=1S/C14H15N3O5S/c1-4-7-5-8(14(21)22-3)12(23-7)16-11(18)9-6-15-17(2)10(9)13(19)20/h5-6H,4H2,1-3H3,(H,16,18)(H,19,20). The van der Waals surface area contributed by atoms with E-state index in [1.807, 2.05) is 6.92 Å². The van der Waals surface area contributed by atoms with Crippen LogP contribution >= 0.6 is 11.3 Å². The van der Waals surface area contributed by atoms with Gasteiger partial charge >= 0.3 is 11.9 Å². The Labute approximate surface area is 135 Å². The summed E-state index contributed by atoms with van der Waals surface area (Å²) in [7, 11) is 2.68. The maximum Gasteiger partial charge on any atom is 0.354 e. The number of nitrogens with zero attached hydrogens (tertiary/aromatic N) is 2. The lowest BCUT2D eigenvalue weighted by Crippen LogP contribution is -2.17. The molecule has 0 atom stereocenters. The fourth-order valence-corrected chi connectivity index (χ4v) is 2.98. The third-order valence-corrected chi connectivity index (χ3v) is 4.34. The second-order valence-electron chi connectivity index (χ2n) is 4.59. The molecule has 2 heterocycles. The Balaban J connectivity index is 2.36. The smallest absolute Gasteiger partial charge is 0.354 e. The maximum atomic E-state index is 12.3. The molecular formula is C14H15N3O5S. The first-order valence-electron chi connectivity index (χ1n) is 6.66. The Kier molecular flexibility index (Phi) is 4.80. The molecule has 1 amide bonds. The maximum absolute atomic E-state index is 12.3. The Hall–Kier alpha value is -2.68. The topological polar surface area (TPSA) is 111 Å². The third-order valence-electron chi connectivity index (χ3n) is 3.15. The highest BCUT2D eigenvalue weighted by molar-refractivity contribution is 7.16. The van der Waals surface area contributed by atoms with Crippen LogP contribution in [0.5, 0.6) is 0 Å². The van der Waals surface area contributed by atoms with Crippen LogP contribution in [0.1, 0.15) is 43.0 Å².